The Hall–Kier alpha value is -2.89. The zero-order valence-corrected chi connectivity index (χ0v) is 16.8. The molecule has 154 valence electrons. The number of hydrogen-bond acceptors (Lipinski definition) is 2. The summed E-state index contributed by atoms with van der Waals surface area (Å²) < 4.78 is 13.7. The van der Waals surface area contributed by atoms with Crippen molar-refractivity contribution in [3.63, 3.8) is 0 Å². The minimum absolute atomic E-state index is 0.00412. The molecule has 29 heavy (non-hydrogen) atoms. The number of carbonyl (C=O) groups excluding carboxylic acids is 2. The number of halogens is 1. The average molecular weight is 397 g/mol. The van der Waals surface area contributed by atoms with Crippen molar-refractivity contribution in [3.05, 3.63) is 65.5 Å². The number of piperidine rings is 1. The van der Waals surface area contributed by atoms with E-state index in [1.54, 1.807) is 23.1 Å². The lowest BCUT2D eigenvalue weighted by molar-refractivity contribution is -0.118. The van der Waals surface area contributed by atoms with Gasteiger partial charge in [-0.2, -0.15) is 0 Å². The standard InChI is InChI=1S/C23H28FN3O2/c1-17(28)25-13-10-18-6-8-19(9-7-18)16-20-11-14-27(15-12-20)23(29)26-22-5-3-2-4-21(22)24/h2-9,20H,10-16H2,1H3,(H,25,28)(H,26,29). The first-order chi connectivity index (χ1) is 14.0. The molecule has 1 heterocycles. The lowest BCUT2D eigenvalue weighted by Crippen LogP contribution is -2.41. The van der Waals surface area contributed by atoms with Crippen LogP contribution >= 0.6 is 0 Å². The number of nitrogens with zero attached hydrogens (tertiary/aromatic N) is 1. The molecule has 1 saturated heterocycles. The van der Waals surface area contributed by atoms with Crippen molar-refractivity contribution >= 4 is 17.6 Å². The SMILES string of the molecule is CC(=O)NCCc1ccc(CC2CCN(C(=O)Nc3ccccc3F)CC2)cc1. The van der Waals surface area contributed by atoms with Gasteiger partial charge in [-0.3, -0.25) is 4.79 Å². The van der Waals surface area contributed by atoms with Crippen LogP contribution in [-0.4, -0.2) is 36.5 Å². The van der Waals surface area contributed by atoms with Gasteiger partial charge in [0.1, 0.15) is 5.82 Å². The van der Waals surface area contributed by atoms with E-state index in [1.165, 1.54) is 24.1 Å². The lowest BCUT2D eigenvalue weighted by atomic mass is 9.90. The zero-order valence-electron chi connectivity index (χ0n) is 16.8. The molecule has 1 aliphatic rings. The number of urea groups is 1. The van der Waals surface area contributed by atoms with Crippen molar-refractivity contribution in [1.82, 2.24) is 10.2 Å². The summed E-state index contributed by atoms with van der Waals surface area (Å²) >= 11 is 0. The molecular formula is C23H28FN3O2. The minimum atomic E-state index is -0.420. The van der Waals surface area contributed by atoms with Gasteiger partial charge in [0.2, 0.25) is 5.91 Å². The fourth-order valence-corrected chi connectivity index (χ4v) is 3.66. The molecule has 6 heteroatoms. The van der Waals surface area contributed by atoms with Gasteiger partial charge in [-0.25, -0.2) is 9.18 Å². The van der Waals surface area contributed by atoms with E-state index in [0.29, 0.717) is 25.6 Å². The van der Waals surface area contributed by atoms with Crippen LogP contribution in [0.4, 0.5) is 14.9 Å². The Bertz CT molecular complexity index is 830. The predicted molar refractivity (Wildman–Crippen MR) is 112 cm³/mol. The normalized spacial score (nSPS) is 14.5. The number of rotatable bonds is 6. The van der Waals surface area contributed by atoms with E-state index >= 15 is 0 Å². The Kier molecular flexibility index (Phi) is 7.22. The second kappa shape index (κ2) is 10.0. The average Bonchev–Trinajstić information content (AvgIpc) is 2.71. The van der Waals surface area contributed by atoms with Crippen LogP contribution in [0.5, 0.6) is 0 Å². The van der Waals surface area contributed by atoms with Crippen molar-refractivity contribution in [2.75, 3.05) is 25.0 Å². The number of benzene rings is 2. The van der Waals surface area contributed by atoms with Crippen LogP contribution in [0.15, 0.2) is 48.5 Å². The summed E-state index contributed by atoms with van der Waals surface area (Å²) in [5.74, 6) is 0.115. The summed E-state index contributed by atoms with van der Waals surface area (Å²) in [5.41, 5.74) is 2.72. The van der Waals surface area contributed by atoms with Gasteiger partial charge in [0.25, 0.3) is 0 Å². The van der Waals surface area contributed by atoms with Crippen molar-refractivity contribution in [1.29, 1.82) is 0 Å². The van der Waals surface area contributed by atoms with E-state index in [9.17, 15) is 14.0 Å². The first-order valence-electron chi connectivity index (χ1n) is 10.1. The molecular weight excluding hydrogens is 369 g/mol. The van der Waals surface area contributed by atoms with Gasteiger partial charge in [-0.15, -0.1) is 0 Å². The summed E-state index contributed by atoms with van der Waals surface area (Å²) in [6, 6.07) is 14.5. The molecule has 2 aromatic carbocycles. The van der Waals surface area contributed by atoms with Gasteiger partial charge in [0.15, 0.2) is 0 Å². The molecule has 0 radical (unpaired) electrons. The Morgan fingerprint density at radius 2 is 1.69 bits per heavy atom. The maximum absolute atomic E-state index is 13.7. The van der Waals surface area contributed by atoms with E-state index in [-0.39, 0.29) is 17.6 Å². The highest BCUT2D eigenvalue weighted by molar-refractivity contribution is 5.89. The third kappa shape index (κ3) is 6.31. The number of anilines is 1. The monoisotopic (exact) mass is 397 g/mol. The van der Waals surface area contributed by atoms with Gasteiger partial charge in [-0.1, -0.05) is 36.4 Å². The number of hydrogen-bond donors (Lipinski definition) is 2. The third-order valence-corrected chi connectivity index (χ3v) is 5.35. The summed E-state index contributed by atoms with van der Waals surface area (Å²) in [4.78, 5) is 25.1. The third-order valence-electron chi connectivity index (χ3n) is 5.35. The lowest BCUT2D eigenvalue weighted by Gasteiger charge is -2.32. The summed E-state index contributed by atoms with van der Waals surface area (Å²) in [7, 11) is 0. The molecule has 0 unspecified atom stereocenters. The van der Waals surface area contributed by atoms with Gasteiger partial charge in [0, 0.05) is 26.6 Å². The summed E-state index contributed by atoms with van der Waals surface area (Å²) in [6.07, 6.45) is 3.70. The summed E-state index contributed by atoms with van der Waals surface area (Å²) in [6.45, 7) is 3.54. The molecule has 2 N–H and O–H groups in total. The molecule has 2 aromatic rings. The smallest absolute Gasteiger partial charge is 0.321 e. The van der Waals surface area contributed by atoms with E-state index in [0.717, 1.165) is 25.7 Å². The Morgan fingerprint density at radius 3 is 2.34 bits per heavy atom. The van der Waals surface area contributed by atoms with Gasteiger partial charge < -0.3 is 15.5 Å². The molecule has 0 saturated carbocycles. The molecule has 1 aliphatic heterocycles. The second-order valence-corrected chi connectivity index (χ2v) is 7.59. The number of likely N-dealkylation sites (tertiary alicyclic amines) is 1. The molecule has 0 aromatic heterocycles. The maximum atomic E-state index is 13.7. The van der Waals surface area contributed by atoms with E-state index < -0.39 is 5.82 Å². The highest BCUT2D eigenvalue weighted by Gasteiger charge is 2.23. The predicted octanol–water partition coefficient (Wildman–Crippen LogP) is 3.99. The first-order valence-corrected chi connectivity index (χ1v) is 10.1. The molecule has 5 nitrogen and oxygen atoms in total. The number of para-hydroxylation sites is 1. The maximum Gasteiger partial charge on any atom is 0.321 e. The zero-order chi connectivity index (χ0) is 20.6. The fourth-order valence-electron chi connectivity index (χ4n) is 3.66. The van der Waals surface area contributed by atoms with Gasteiger partial charge in [0.05, 0.1) is 5.69 Å². The van der Waals surface area contributed by atoms with Crippen molar-refractivity contribution < 1.29 is 14.0 Å². The second-order valence-electron chi connectivity index (χ2n) is 7.59. The number of amides is 3. The van der Waals surface area contributed by atoms with Gasteiger partial charge >= 0.3 is 6.03 Å². The van der Waals surface area contributed by atoms with Crippen molar-refractivity contribution in [2.24, 2.45) is 5.92 Å². The molecule has 0 atom stereocenters. The van der Waals surface area contributed by atoms with Crippen LogP contribution < -0.4 is 10.6 Å². The van der Waals surface area contributed by atoms with Crippen molar-refractivity contribution in [3.8, 4) is 0 Å². The molecule has 3 amide bonds. The quantitative estimate of drug-likeness (QED) is 0.774. The Morgan fingerprint density at radius 1 is 1.03 bits per heavy atom. The Balaban J connectivity index is 1.43. The fraction of sp³-hybridized carbons (Fsp3) is 0.391. The van der Waals surface area contributed by atoms with E-state index in [1.807, 2.05) is 0 Å². The number of carbonyl (C=O) groups is 2. The van der Waals surface area contributed by atoms with Crippen LogP contribution in [0.2, 0.25) is 0 Å². The van der Waals surface area contributed by atoms with Gasteiger partial charge in [-0.05, 0) is 54.9 Å². The van der Waals surface area contributed by atoms with Crippen LogP contribution in [0.25, 0.3) is 0 Å². The largest absolute Gasteiger partial charge is 0.356 e. The highest BCUT2D eigenvalue weighted by atomic mass is 19.1. The summed E-state index contributed by atoms with van der Waals surface area (Å²) in [5, 5.41) is 5.47. The molecule has 0 aliphatic carbocycles. The van der Waals surface area contributed by atoms with Crippen molar-refractivity contribution in [2.45, 2.75) is 32.6 Å². The van der Waals surface area contributed by atoms with Crippen LogP contribution in [0.1, 0.15) is 30.9 Å². The van der Waals surface area contributed by atoms with E-state index in [4.69, 9.17) is 0 Å². The van der Waals surface area contributed by atoms with Crippen LogP contribution in [-0.2, 0) is 17.6 Å². The highest BCUT2D eigenvalue weighted by Crippen LogP contribution is 2.23. The molecule has 0 spiro atoms. The first kappa shape index (κ1) is 20.8. The van der Waals surface area contributed by atoms with E-state index in [2.05, 4.69) is 34.9 Å². The molecule has 0 bridgehead atoms. The number of nitrogens with one attached hydrogen (secondary N) is 2. The topological polar surface area (TPSA) is 61.4 Å². The minimum Gasteiger partial charge on any atom is -0.356 e. The molecule has 3 rings (SSSR count). The van der Waals surface area contributed by atoms with Crippen LogP contribution in [0, 0.1) is 11.7 Å². The molecule has 1 fully saturated rings. The Labute approximate surface area is 171 Å². The van der Waals surface area contributed by atoms with Crippen LogP contribution in [0.3, 0.4) is 0 Å².